The van der Waals surface area contributed by atoms with Crippen LogP contribution < -0.4 is 9.80 Å². The van der Waals surface area contributed by atoms with Crippen LogP contribution >= 0.6 is 0 Å². The number of nitrogens with zero attached hydrogens (tertiary/aromatic N) is 2. The molecule has 0 heterocycles. The van der Waals surface area contributed by atoms with Gasteiger partial charge in [0.2, 0.25) is 0 Å². The van der Waals surface area contributed by atoms with E-state index in [1.165, 1.54) is 82.2 Å². The number of hydrogen-bond donors (Lipinski definition) is 0. The van der Waals surface area contributed by atoms with Crippen LogP contribution in [-0.4, -0.2) is 0 Å². The summed E-state index contributed by atoms with van der Waals surface area (Å²) in [5, 5.41) is 9.68. The van der Waals surface area contributed by atoms with Crippen LogP contribution in [0, 0.1) is 0 Å². The number of hydrogen-bond acceptors (Lipinski definition) is 2. The van der Waals surface area contributed by atoms with E-state index in [4.69, 9.17) is 0 Å². The molecule has 0 unspecified atom stereocenters. The Morgan fingerprint density at radius 3 is 1.59 bits per heavy atom. The number of anilines is 6. The molecular weight excluding hydrogens is 761 g/mol. The van der Waals surface area contributed by atoms with E-state index in [2.05, 4.69) is 254 Å². The zero-order valence-corrected chi connectivity index (χ0v) is 35.3. The highest BCUT2D eigenvalue weighted by Gasteiger charge is 2.36. The first-order valence-electron chi connectivity index (χ1n) is 21.9. The first-order chi connectivity index (χ1) is 31.0. The minimum Gasteiger partial charge on any atom is -0.310 e. The normalized spacial score (nSPS) is 12.7. The molecule has 11 aromatic rings. The zero-order valence-electron chi connectivity index (χ0n) is 35.3. The molecule has 0 radical (unpaired) electrons. The Morgan fingerprint density at radius 2 is 0.841 bits per heavy atom. The van der Waals surface area contributed by atoms with Crippen LogP contribution in [0.15, 0.2) is 231 Å². The van der Waals surface area contributed by atoms with E-state index in [9.17, 15) is 0 Å². The average molecular weight is 805 g/mol. The van der Waals surface area contributed by atoms with Gasteiger partial charge in [-0.25, -0.2) is 0 Å². The molecule has 0 atom stereocenters. The molecule has 1 aliphatic carbocycles. The van der Waals surface area contributed by atoms with Crippen molar-refractivity contribution in [2.24, 2.45) is 0 Å². The SMILES string of the molecule is CC1(C)c2ccccc2-c2ccc(N(c3ccccc3)c3ccc(-c4c5ccccc5c(N(c5ccc6ccccc6c5)c5cccc6ccccc56)c5ccccc45)cc3)cc21. The van der Waals surface area contributed by atoms with Gasteiger partial charge >= 0.3 is 0 Å². The first kappa shape index (κ1) is 36.9. The summed E-state index contributed by atoms with van der Waals surface area (Å²) in [6.07, 6.45) is 0. The Labute approximate surface area is 368 Å². The van der Waals surface area contributed by atoms with Crippen LogP contribution in [0.5, 0.6) is 0 Å². The van der Waals surface area contributed by atoms with E-state index >= 15 is 0 Å². The third-order valence-electron chi connectivity index (χ3n) is 13.4. The molecule has 0 amide bonds. The van der Waals surface area contributed by atoms with Gasteiger partial charge in [0.25, 0.3) is 0 Å². The quantitative estimate of drug-likeness (QED) is 0.148. The second-order valence-electron chi connectivity index (χ2n) is 17.3. The van der Waals surface area contributed by atoms with Gasteiger partial charge < -0.3 is 9.80 Å². The van der Waals surface area contributed by atoms with Crippen molar-refractivity contribution in [3.05, 3.63) is 242 Å². The fourth-order valence-electron chi connectivity index (χ4n) is 10.4. The number of benzene rings is 11. The lowest BCUT2D eigenvalue weighted by Gasteiger charge is -2.31. The van der Waals surface area contributed by atoms with Gasteiger partial charge in [-0.3, -0.25) is 0 Å². The number of para-hydroxylation sites is 1. The van der Waals surface area contributed by atoms with E-state index in [0.717, 1.165) is 28.4 Å². The van der Waals surface area contributed by atoms with Crippen LogP contribution in [0.1, 0.15) is 25.0 Å². The van der Waals surface area contributed by atoms with Crippen LogP contribution in [0.4, 0.5) is 34.1 Å². The fraction of sp³-hybridized carbons (Fsp3) is 0.0492. The van der Waals surface area contributed by atoms with Crippen molar-refractivity contribution in [3.63, 3.8) is 0 Å². The van der Waals surface area contributed by atoms with Gasteiger partial charge in [0, 0.05) is 44.3 Å². The summed E-state index contributed by atoms with van der Waals surface area (Å²) in [6.45, 7) is 4.71. The van der Waals surface area contributed by atoms with Gasteiger partial charge in [0.15, 0.2) is 0 Å². The van der Waals surface area contributed by atoms with Crippen molar-refractivity contribution < 1.29 is 0 Å². The summed E-state index contributed by atoms with van der Waals surface area (Å²) in [7, 11) is 0. The smallest absolute Gasteiger partial charge is 0.0619 e. The highest BCUT2D eigenvalue weighted by molar-refractivity contribution is 6.23. The Kier molecular flexibility index (Phi) is 8.55. The van der Waals surface area contributed by atoms with Gasteiger partial charge in [-0.15, -0.1) is 0 Å². The summed E-state index contributed by atoms with van der Waals surface area (Å²) >= 11 is 0. The first-order valence-corrected chi connectivity index (χ1v) is 21.9. The van der Waals surface area contributed by atoms with Crippen LogP contribution in [0.3, 0.4) is 0 Å². The molecule has 12 rings (SSSR count). The van der Waals surface area contributed by atoms with E-state index < -0.39 is 0 Å². The third-order valence-corrected chi connectivity index (χ3v) is 13.4. The maximum Gasteiger partial charge on any atom is 0.0619 e. The molecule has 0 aromatic heterocycles. The second-order valence-corrected chi connectivity index (χ2v) is 17.3. The van der Waals surface area contributed by atoms with Crippen molar-refractivity contribution >= 4 is 77.2 Å². The summed E-state index contributed by atoms with van der Waals surface area (Å²) in [5.41, 5.74) is 14.5. The standard InChI is InChI=1S/C61H44N2/c1-61(2)56-29-15-14-24-50(56)51-38-37-48(40-57(51)61)62(45-21-4-3-5-22-45)46-34-32-43(33-35-46)59-52-25-10-12-27-54(52)60(55-28-13-11-26-53(55)59)63(47-36-31-41-17-6-7-19-44(41)39-47)58-30-16-20-42-18-8-9-23-49(42)58/h3-40H,1-2H3. The van der Waals surface area contributed by atoms with E-state index in [1.807, 2.05) is 0 Å². The minimum absolute atomic E-state index is 0.0973. The van der Waals surface area contributed by atoms with Crippen LogP contribution in [-0.2, 0) is 5.41 Å². The maximum atomic E-state index is 2.50. The lowest BCUT2D eigenvalue weighted by Crippen LogP contribution is -2.16. The van der Waals surface area contributed by atoms with E-state index in [0.29, 0.717) is 0 Å². The molecule has 2 heteroatoms. The maximum absolute atomic E-state index is 2.50. The van der Waals surface area contributed by atoms with E-state index in [-0.39, 0.29) is 5.41 Å². The highest BCUT2D eigenvalue weighted by Crippen LogP contribution is 2.52. The minimum atomic E-state index is -0.0973. The van der Waals surface area contributed by atoms with Crippen LogP contribution in [0.2, 0.25) is 0 Å². The summed E-state index contributed by atoms with van der Waals surface area (Å²) in [4.78, 5) is 4.90. The molecule has 63 heavy (non-hydrogen) atoms. The molecule has 298 valence electrons. The molecule has 0 N–H and O–H groups in total. The van der Waals surface area contributed by atoms with Crippen molar-refractivity contribution in [1.29, 1.82) is 0 Å². The Morgan fingerprint density at radius 1 is 0.317 bits per heavy atom. The lowest BCUT2D eigenvalue weighted by atomic mass is 9.82. The molecule has 0 aliphatic heterocycles. The molecule has 1 aliphatic rings. The lowest BCUT2D eigenvalue weighted by molar-refractivity contribution is 0.660. The zero-order chi connectivity index (χ0) is 42.1. The molecular formula is C61H44N2. The molecule has 0 saturated carbocycles. The largest absolute Gasteiger partial charge is 0.310 e. The molecule has 0 saturated heterocycles. The van der Waals surface area contributed by atoms with Gasteiger partial charge in [0.1, 0.15) is 0 Å². The predicted molar refractivity (Wildman–Crippen MR) is 269 cm³/mol. The number of rotatable bonds is 7. The van der Waals surface area contributed by atoms with Crippen molar-refractivity contribution in [2.75, 3.05) is 9.80 Å². The topological polar surface area (TPSA) is 6.48 Å². The van der Waals surface area contributed by atoms with Gasteiger partial charge in [-0.1, -0.05) is 190 Å². The monoisotopic (exact) mass is 804 g/mol. The number of fused-ring (bicyclic) bond motifs is 7. The third kappa shape index (κ3) is 5.94. The van der Waals surface area contributed by atoms with Crippen molar-refractivity contribution in [3.8, 4) is 22.3 Å². The average Bonchev–Trinajstić information content (AvgIpc) is 3.57. The highest BCUT2D eigenvalue weighted by atomic mass is 15.2. The Hall–Kier alpha value is -7.94. The van der Waals surface area contributed by atoms with Crippen LogP contribution in [0.25, 0.3) is 65.3 Å². The predicted octanol–water partition coefficient (Wildman–Crippen LogP) is 17.2. The molecule has 0 spiro atoms. The van der Waals surface area contributed by atoms with Gasteiger partial charge in [0.05, 0.1) is 11.4 Å². The van der Waals surface area contributed by atoms with Crippen molar-refractivity contribution in [2.45, 2.75) is 19.3 Å². The van der Waals surface area contributed by atoms with E-state index in [1.54, 1.807) is 0 Å². The summed E-state index contributed by atoms with van der Waals surface area (Å²) < 4.78 is 0. The fourth-order valence-corrected chi connectivity index (χ4v) is 10.4. The second kappa shape index (κ2) is 14.6. The molecule has 11 aromatic carbocycles. The van der Waals surface area contributed by atoms with Gasteiger partial charge in [-0.05, 0) is 115 Å². The van der Waals surface area contributed by atoms with Crippen molar-refractivity contribution in [1.82, 2.24) is 0 Å². The Balaban J connectivity index is 1.04. The molecule has 0 bridgehead atoms. The summed E-state index contributed by atoms with van der Waals surface area (Å²) in [6, 6.07) is 84.7. The van der Waals surface area contributed by atoms with Gasteiger partial charge in [-0.2, -0.15) is 0 Å². The Bertz CT molecular complexity index is 3490. The molecule has 0 fully saturated rings. The summed E-state index contributed by atoms with van der Waals surface area (Å²) in [5.74, 6) is 0. The molecule has 2 nitrogen and oxygen atoms in total.